The van der Waals surface area contributed by atoms with Gasteiger partial charge in [-0.3, -0.25) is 4.98 Å². The van der Waals surface area contributed by atoms with Crippen molar-refractivity contribution in [3.63, 3.8) is 0 Å². The summed E-state index contributed by atoms with van der Waals surface area (Å²) in [5, 5.41) is 3.58. The number of anilines is 1. The van der Waals surface area contributed by atoms with Crippen molar-refractivity contribution < 1.29 is 0 Å². The number of rotatable bonds is 5. The minimum absolute atomic E-state index is 0.630. The summed E-state index contributed by atoms with van der Waals surface area (Å²) in [5.41, 5.74) is 1.05. The Kier molecular flexibility index (Phi) is 3.46. The fourth-order valence-corrected chi connectivity index (χ4v) is 2.75. The molecule has 1 saturated heterocycles. The quantitative estimate of drug-likeness (QED) is 0.859. The smallest absolute Gasteiger partial charge is 0.150 e. The summed E-state index contributed by atoms with van der Waals surface area (Å²) in [6, 6.07) is 0.630. The summed E-state index contributed by atoms with van der Waals surface area (Å²) >= 11 is 0. The van der Waals surface area contributed by atoms with E-state index in [0.717, 1.165) is 30.5 Å². The van der Waals surface area contributed by atoms with E-state index in [1.165, 1.54) is 32.2 Å². The van der Waals surface area contributed by atoms with Crippen LogP contribution in [0, 0.1) is 12.8 Å². The van der Waals surface area contributed by atoms with Crippen LogP contribution in [0.3, 0.4) is 0 Å². The van der Waals surface area contributed by atoms with Crippen molar-refractivity contribution in [2.24, 2.45) is 5.92 Å². The van der Waals surface area contributed by atoms with Crippen LogP contribution in [0.15, 0.2) is 12.4 Å². The van der Waals surface area contributed by atoms with Gasteiger partial charge in [0.2, 0.25) is 0 Å². The van der Waals surface area contributed by atoms with E-state index >= 15 is 0 Å². The molecule has 0 amide bonds. The Morgan fingerprint density at radius 3 is 2.72 bits per heavy atom. The second-order valence-electron chi connectivity index (χ2n) is 5.61. The molecule has 1 aliphatic heterocycles. The first kappa shape index (κ1) is 11.9. The third kappa shape index (κ3) is 2.80. The summed E-state index contributed by atoms with van der Waals surface area (Å²) in [4.78, 5) is 11.4. The minimum atomic E-state index is 0.630. The van der Waals surface area contributed by atoms with Crippen molar-refractivity contribution in [2.75, 3.05) is 24.5 Å². The molecule has 4 nitrogen and oxygen atoms in total. The lowest BCUT2D eigenvalue weighted by atomic mass is 10.2. The van der Waals surface area contributed by atoms with Gasteiger partial charge in [-0.15, -0.1) is 0 Å². The molecule has 1 aromatic rings. The van der Waals surface area contributed by atoms with Crippen molar-refractivity contribution in [3.8, 4) is 0 Å². The highest BCUT2D eigenvalue weighted by Gasteiger charge is 2.27. The molecular formula is C14H22N4. The van der Waals surface area contributed by atoms with Crippen molar-refractivity contribution in [1.29, 1.82) is 0 Å². The van der Waals surface area contributed by atoms with Crippen LogP contribution in [0.1, 0.15) is 31.4 Å². The Labute approximate surface area is 109 Å². The Morgan fingerprint density at radius 2 is 2.06 bits per heavy atom. The van der Waals surface area contributed by atoms with E-state index in [0.29, 0.717) is 6.04 Å². The third-order valence-corrected chi connectivity index (χ3v) is 3.93. The molecule has 4 heteroatoms. The first-order valence-electron chi connectivity index (χ1n) is 7.09. The highest BCUT2D eigenvalue weighted by atomic mass is 15.2. The molecule has 0 radical (unpaired) electrons. The van der Waals surface area contributed by atoms with Gasteiger partial charge in [0, 0.05) is 31.5 Å². The average Bonchev–Trinajstić information content (AvgIpc) is 3.03. The predicted octanol–water partition coefficient (Wildman–Crippen LogP) is 1.75. The van der Waals surface area contributed by atoms with Crippen LogP contribution in [-0.2, 0) is 0 Å². The number of aryl methyl sites for hydroxylation is 1. The van der Waals surface area contributed by atoms with Gasteiger partial charge in [0.05, 0.1) is 5.69 Å². The second-order valence-corrected chi connectivity index (χ2v) is 5.61. The zero-order valence-corrected chi connectivity index (χ0v) is 11.1. The zero-order chi connectivity index (χ0) is 12.4. The molecule has 1 aromatic heterocycles. The molecule has 2 heterocycles. The lowest BCUT2D eigenvalue weighted by molar-refractivity contribution is 0.565. The lowest BCUT2D eigenvalue weighted by Crippen LogP contribution is -2.39. The third-order valence-electron chi connectivity index (χ3n) is 3.93. The van der Waals surface area contributed by atoms with E-state index in [-0.39, 0.29) is 0 Å². The highest BCUT2D eigenvalue weighted by molar-refractivity contribution is 5.42. The maximum absolute atomic E-state index is 4.54. The number of nitrogens with zero attached hydrogens (tertiary/aromatic N) is 3. The van der Waals surface area contributed by atoms with Crippen LogP contribution < -0.4 is 10.2 Å². The largest absolute Gasteiger partial charge is 0.353 e. The van der Waals surface area contributed by atoms with Gasteiger partial charge < -0.3 is 10.2 Å². The monoisotopic (exact) mass is 246 g/mol. The summed E-state index contributed by atoms with van der Waals surface area (Å²) in [7, 11) is 0. The number of hydrogen-bond acceptors (Lipinski definition) is 4. The average molecular weight is 246 g/mol. The van der Waals surface area contributed by atoms with Crippen molar-refractivity contribution >= 4 is 5.82 Å². The van der Waals surface area contributed by atoms with Crippen LogP contribution in [0.25, 0.3) is 0 Å². The fraction of sp³-hybridized carbons (Fsp3) is 0.714. The summed E-state index contributed by atoms with van der Waals surface area (Å²) in [6.07, 6.45) is 8.95. The standard InChI is InChI=1S/C14H22N4/c1-11-14(17-8-7-15-11)18(9-12-4-5-12)10-13-3-2-6-16-13/h7-8,12-13,16H,2-6,9-10H2,1H3. The van der Waals surface area contributed by atoms with Crippen molar-refractivity contribution in [3.05, 3.63) is 18.1 Å². The summed E-state index contributed by atoms with van der Waals surface area (Å²) in [5.74, 6) is 1.96. The Morgan fingerprint density at radius 1 is 1.22 bits per heavy atom. The van der Waals surface area contributed by atoms with E-state index < -0.39 is 0 Å². The number of nitrogens with one attached hydrogen (secondary N) is 1. The molecule has 1 aliphatic carbocycles. The van der Waals surface area contributed by atoms with Gasteiger partial charge in [0.15, 0.2) is 0 Å². The molecule has 1 saturated carbocycles. The van der Waals surface area contributed by atoms with Crippen molar-refractivity contribution in [2.45, 2.75) is 38.6 Å². The van der Waals surface area contributed by atoms with Gasteiger partial charge in [0.25, 0.3) is 0 Å². The molecule has 98 valence electrons. The Bertz CT molecular complexity index is 397. The molecule has 0 bridgehead atoms. The maximum Gasteiger partial charge on any atom is 0.150 e. The molecule has 1 unspecified atom stereocenters. The lowest BCUT2D eigenvalue weighted by Gasteiger charge is -2.27. The molecule has 2 aliphatic rings. The van der Waals surface area contributed by atoms with E-state index in [9.17, 15) is 0 Å². The van der Waals surface area contributed by atoms with Crippen LogP contribution >= 0.6 is 0 Å². The summed E-state index contributed by atoms with van der Waals surface area (Å²) < 4.78 is 0. The molecule has 1 atom stereocenters. The SMILES string of the molecule is Cc1nccnc1N(CC1CC1)CC1CCCN1. The van der Waals surface area contributed by atoms with Gasteiger partial charge in [-0.1, -0.05) is 0 Å². The van der Waals surface area contributed by atoms with Crippen LogP contribution in [0.2, 0.25) is 0 Å². The normalized spacial score (nSPS) is 23.3. The molecule has 2 fully saturated rings. The van der Waals surface area contributed by atoms with Crippen LogP contribution in [0.5, 0.6) is 0 Å². The highest BCUT2D eigenvalue weighted by Crippen LogP contribution is 2.31. The fourth-order valence-electron chi connectivity index (χ4n) is 2.75. The molecule has 0 spiro atoms. The molecule has 3 rings (SSSR count). The van der Waals surface area contributed by atoms with Crippen LogP contribution in [0.4, 0.5) is 5.82 Å². The van der Waals surface area contributed by atoms with Gasteiger partial charge in [-0.25, -0.2) is 4.98 Å². The zero-order valence-electron chi connectivity index (χ0n) is 11.1. The van der Waals surface area contributed by atoms with Crippen molar-refractivity contribution in [1.82, 2.24) is 15.3 Å². The first-order valence-corrected chi connectivity index (χ1v) is 7.09. The van der Waals surface area contributed by atoms with Crippen LogP contribution in [-0.4, -0.2) is 35.6 Å². The van der Waals surface area contributed by atoms with Gasteiger partial charge in [-0.2, -0.15) is 0 Å². The summed E-state index contributed by atoms with van der Waals surface area (Å²) in [6.45, 7) is 5.46. The number of hydrogen-bond donors (Lipinski definition) is 1. The second kappa shape index (κ2) is 5.22. The van der Waals surface area contributed by atoms with Gasteiger partial charge in [0.1, 0.15) is 5.82 Å². The molecule has 1 N–H and O–H groups in total. The Hall–Kier alpha value is -1.16. The molecule has 0 aromatic carbocycles. The number of aromatic nitrogens is 2. The maximum atomic E-state index is 4.54. The van der Waals surface area contributed by atoms with E-state index in [2.05, 4.69) is 27.1 Å². The minimum Gasteiger partial charge on any atom is -0.353 e. The van der Waals surface area contributed by atoms with Gasteiger partial charge in [-0.05, 0) is 45.1 Å². The van der Waals surface area contributed by atoms with E-state index in [4.69, 9.17) is 0 Å². The van der Waals surface area contributed by atoms with Gasteiger partial charge >= 0.3 is 0 Å². The topological polar surface area (TPSA) is 41.1 Å². The Balaban J connectivity index is 1.73. The first-order chi connectivity index (χ1) is 8.83. The molecular weight excluding hydrogens is 224 g/mol. The molecule has 18 heavy (non-hydrogen) atoms. The van der Waals surface area contributed by atoms with E-state index in [1.54, 1.807) is 6.20 Å². The predicted molar refractivity (Wildman–Crippen MR) is 72.7 cm³/mol. The van der Waals surface area contributed by atoms with E-state index in [1.807, 2.05) is 6.20 Å².